The van der Waals surface area contributed by atoms with Gasteiger partial charge in [0.15, 0.2) is 18.3 Å². The van der Waals surface area contributed by atoms with E-state index in [4.69, 9.17) is 0 Å². The van der Waals surface area contributed by atoms with Gasteiger partial charge in [0.1, 0.15) is 0 Å². The Hall–Kier alpha value is -0.970. The average Bonchev–Trinajstić information content (AvgIpc) is 1.29. The minimum atomic E-state index is 0.308. The van der Waals surface area contributed by atoms with Gasteiger partial charge in [0.25, 0.3) is 0 Å². The summed E-state index contributed by atoms with van der Waals surface area (Å²) in [5.41, 5.74) is 3.76. The maximum absolute atomic E-state index is 2.74. The van der Waals surface area contributed by atoms with Crippen LogP contribution in [-0.4, -0.2) is 399 Å². The standard InChI is InChI=1S/2C13H25N.2C11H22N2.C11H21N2.2C11H22N2.C11H21N.C10H20N2.C9H18N2/c2*1-12(2,3)14-8-10-6-7-11(9-14)13(10,4)5;1-11(2,3)13-8-9-5-6-10(13)7-12(9)4;2*1-11(2,3)13-7-9-5-6-10(8-13)12(9)4;1-11(2,3)13-9-5-6-10(13)8-12(4)7-9;1-9(2)13-7-10-5-4-6-11(8-13)12(10)3;1-8(2)12-6-10-4-5-11(7-12)9(10)3;1-10(2,3)12-8-5-9(12)7-11(4)6-8;1-7(2)11-5-8-4-9(6-11)10(8)3/h2*10-11H,6-9H2,1-5H3;2*9-10H,5-8H2,1-4H3;7,9-10H,5-6,8H2,1-4H3;9-10H,5-8H2,1-4H3;9-11H,4-8H2,1-3H3;8-11H,4-7H2,1-3H3;8-9H,5-7H2,1-4H3;7-9H,4-6H2,1-3H3/q;;;;+1;;;;;/p+1/t10-,11+;;;;;;;9?,10-,11+;;. The molecule has 0 aromatic rings. The van der Waals surface area contributed by atoms with Crippen LogP contribution >= 0.6 is 0 Å². The Morgan fingerprint density at radius 2 is 0.664 bits per heavy atom. The summed E-state index contributed by atoms with van der Waals surface area (Å²) in [7, 11) is 15.9. The van der Waals surface area contributed by atoms with Crippen LogP contribution in [0.15, 0.2) is 0 Å². The number of piperidine rings is 8. The van der Waals surface area contributed by atoms with Gasteiger partial charge in [-0.15, -0.1) is 0 Å². The Kier molecular flexibility index (Phi) is 35.8. The molecule has 746 valence electrons. The van der Waals surface area contributed by atoms with Crippen LogP contribution in [0.2, 0.25) is 0 Å². The van der Waals surface area contributed by atoms with E-state index < -0.39 is 0 Å². The molecule has 0 radical (unpaired) electrons. The van der Waals surface area contributed by atoms with Gasteiger partial charge in [0, 0.05) is 234 Å². The van der Waals surface area contributed by atoms with Crippen molar-refractivity contribution in [3.8, 4) is 0 Å². The van der Waals surface area contributed by atoms with E-state index >= 15 is 0 Å². The number of likely N-dealkylation sites (tertiary alicyclic amines) is 6. The minimum Gasteiger partial charge on any atom is -0.332 e. The molecule has 1 N–H and O–H groups in total. The normalized spacial score (nSPS) is 38.1. The lowest BCUT2D eigenvalue weighted by atomic mass is 9.72. The summed E-state index contributed by atoms with van der Waals surface area (Å²) >= 11 is 0. The van der Waals surface area contributed by atoms with Crippen molar-refractivity contribution in [1.82, 2.24) is 73.5 Å². The molecule has 22 atom stereocenters. The molecule has 18 unspecified atom stereocenters. The summed E-state index contributed by atoms with van der Waals surface area (Å²) in [6, 6.07) is 13.9. The molecule has 20 bridgehead atoms. The largest absolute Gasteiger partial charge is 0.332 e. The van der Waals surface area contributed by atoms with E-state index in [1.807, 2.05) is 4.90 Å². The molecule has 0 amide bonds. The fourth-order valence-corrected chi connectivity index (χ4v) is 28.8. The second-order valence-corrected chi connectivity index (χ2v) is 55.9. The number of nitrogens with zero attached hydrogens (tertiary/aromatic N) is 16. The maximum atomic E-state index is 2.74. The number of fused-ring (bicyclic) bond motifs is 21. The number of hydrogen-bond acceptors (Lipinski definition) is 15. The minimum absolute atomic E-state index is 0.308. The second-order valence-electron chi connectivity index (χ2n) is 55.9. The molecule has 0 aromatic carbocycles. The van der Waals surface area contributed by atoms with Crippen LogP contribution in [0.25, 0.3) is 0 Å². The number of piperazine rings is 6. The molecule has 22 fully saturated rings. The maximum Gasteiger partial charge on any atom is 0.158 e. The van der Waals surface area contributed by atoms with Crippen molar-refractivity contribution < 1.29 is 9.48 Å². The van der Waals surface area contributed by atoms with Crippen LogP contribution in [0.1, 0.15) is 344 Å². The molecule has 128 heavy (non-hydrogen) atoms. The van der Waals surface area contributed by atoms with Gasteiger partial charge in [0.2, 0.25) is 0 Å². The van der Waals surface area contributed by atoms with Gasteiger partial charge >= 0.3 is 0 Å². The lowest BCUT2D eigenvalue weighted by Gasteiger charge is -2.61. The SMILES string of the molecule is CC(C)N1CC2CC(C1)N2C.CC(C)N1CC2CCCC(C1)N2C.CC1(C)C2CCC1CN(C(C)(C)C)C2.CC1(C)[C@@H]2CC[C@H]1CN(C(C)(C)C)C2.CC1[C@@H]2CC[C@H]1C[NH+](C(C)C)C2.CN1C2C=[N+](C(C)(C)C)CC1CC2.CN1C2CCC1CN(C(C)(C)C)C2.CN1CC2CC(C1)N2C(C)(C)C.CN1CC2CCC(C1)N2C(C)(C)C.CN1CC2CCC1CN2C(C)(C)C. The molecular formula is C111H219N17+2. The van der Waals surface area contributed by atoms with Gasteiger partial charge in [-0.25, -0.2) is 4.58 Å². The monoisotopic (exact) mass is 1790 g/mol. The highest BCUT2D eigenvalue weighted by Gasteiger charge is 2.54. The number of rotatable bonds is 3. The fraction of sp³-hybridized carbons (Fsp3) is 0.991. The second kappa shape index (κ2) is 42.6. The molecule has 17 heteroatoms. The van der Waals surface area contributed by atoms with Gasteiger partial charge in [-0.3, -0.25) is 58.8 Å². The number of likely N-dealkylation sites (N-methyl/N-ethyl adjacent to an activating group) is 7. The first-order valence-electron chi connectivity index (χ1n) is 54.6. The third-order valence-electron chi connectivity index (χ3n) is 38.6. The summed E-state index contributed by atoms with van der Waals surface area (Å²) in [4.78, 5) is 41.0. The zero-order valence-electron chi connectivity index (χ0n) is 92.5. The van der Waals surface area contributed by atoms with E-state index in [0.29, 0.717) is 55.6 Å². The van der Waals surface area contributed by atoms with Gasteiger partial charge in [0.05, 0.1) is 31.2 Å². The Labute approximate surface area is 795 Å². The molecule has 23 rings (SSSR count). The van der Waals surface area contributed by atoms with Crippen LogP contribution in [0, 0.1) is 52.3 Å². The lowest BCUT2D eigenvalue weighted by Crippen LogP contribution is -3.17. The molecule has 23 aliphatic rings. The fourth-order valence-electron chi connectivity index (χ4n) is 28.8. The third kappa shape index (κ3) is 26.4. The molecular weight excluding hydrogens is 1570 g/mol. The van der Waals surface area contributed by atoms with Crippen LogP contribution in [0.3, 0.4) is 0 Å². The first kappa shape index (κ1) is 107. The zero-order chi connectivity index (χ0) is 94.7. The van der Waals surface area contributed by atoms with E-state index in [1.54, 1.807) is 0 Å². The van der Waals surface area contributed by atoms with Gasteiger partial charge in [-0.1, -0.05) is 41.0 Å². The molecule has 17 nitrogen and oxygen atoms in total. The van der Waals surface area contributed by atoms with E-state index in [0.717, 1.165) is 138 Å². The third-order valence-corrected chi connectivity index (χ3v) is 38.6. The summed E-state index contributed by atoms with van der Waals surface area (Å²) in [6.45, 7) is 100. The van der Waals surface area contributed by atoms with Crippen molar-refractivity contribution in [3.63, 3.8) is 0 Å². The van der Waals surface area contributed by atoms with E-state index in [2.05, 4.69) is 355 Å². The highest BCUT2D eigenvalue weighted by atomic mass is 15.4. The molecule has 3 saturated carbocycles. The van der Waals surface area contributed by atoms with Crippen molar-refractivity contribution in [2.75, 3.05) is 174 Å². The Balaban J connectivity index is 0.000000138. The van der Waals surface area contributed by atoms with Crippen LogP contribution in [-0.2, 0) is 0 Å². The van der Waals surface area contributed by atoms with Gasteiger partial charge in [-0.2, -0.15) is 0 Å². The lowest BCUT2D eigenvalue weighted by molar-refractivity contribution is -0.933. The van der Waals surface area contributed by atoms with Crippen LogP contribution in [0.5, 0.6) is 0 Å². The number of quaternary nitrogens is 1. The predicted octanol–water partition coefficient (Wildman–Crippen LogP) is 16.8. The quantitative estimate of drug-likeness (QED) is 0.273. The topological polar surface area (TPSA) is 56.1 Å². The molecule has 3 aliphatic carbocycles. The van der Waals surface area contributed by atoms with Crippen LogP contribution in [0.4, 0.5) is 0 Å². The summed E-state index contributed by atoms with van der Waals surface area (Å²) < 4.78 is 2.52. The van der Waals surface area contributed by atoms with Crippen LogP contribution < -0.4 is 4.90 Å². The zero-order valence-corrected chi connectivity index (χ0v) is 92.5. The summed E-state index contributed by atoms with van der Waals surface area (Å²) in [6.07, 6.45) is 29.7. The molecule has 20 heterocycles. The van der Waals surface area contributed by atoms with Crippen molar-refractivity contribution in [3.05, 3.63) is 0 Å². The highest BCUT2D eigenvalue weighted by molar-refractivity contribution is 5.61. The molecule has 20 aliphatic heterocycles. The first-order chi connectivity index (χ1) is 59.1. The van der Waals surface area contributed by atoms with Crippen molar-refractivity contribution in [2.24, 2.45) is 52.3 Å². The van der Waals surface area contributed by atoms with Gasteiger partial charge < -0.3 is 19.6 Å². The number of hydrogen-bond donors (Lipinski definition) is 1. The van der Waals surface area contributed by atoms with Crippen molar-refractivity contribution >= 4 is 6.21 Å². The van der Waals surface area contributed by atoms with E-state index in [9.17, 15) is 0 Å². The highest BCUT2D eigenvalue weighted by Crippen LogP contribution is 2.54. The Morgan fingerprint density at radius 1 is 0.320 bits per heavy atom. The van der Waals surface area contributed by atoms with Crippen molar-refractivity contribution in [1.29, 1.82) is 0 Å². The number of nitrogens with one attached hydrogen (secondary N) is 1. The van der Waals surface area contributed by atoms with Crippen molar-refractivity contribution in [2.45, 2.75) is 485 Å². The average molecular weight is 1790 g/mol. The Morgan fingerprint density at radius 3 is 1.01 bits per heavy atom. The smallest absolute Gasteiger partial charge is 0.158 e. The van der Waals surface area contributed by atoms with E-state index in [1.165, 1.54) is 246 Å². The summed E-state index contributed by atoms with van der Waals surface area (Å²) in [5, 5.41) is 0. The molecule has 0 spiro atoms. The first-order valence-corrected chi connectivity index (χ1v) is 54.6. The summed E-state index contributed by atoms with van der Waals surface area (Å²) in [5.74, 6) is 6.93. The predicted molar refractivity (Wildman–Crippen MR) is 551 cm³/mol. The molecule has 0 aromatic heterocycles. The Bertz CT molecular complexity index is 3240. The molecule has 19 saturated heterocycles. The van der Waals surface area contributed by atoms with Gasteiger partial charge in [-0.05, 0) is 392 Å². The van der Waals surface area contributed by atoms with E-state index in [-0.39, 0.29) is 0 Å².